The lowest BCUT2D eigenvalue weighted by atomic mass is 10.1. The number of hydrogen-bond acceptors (Lipinski definition) is 5. The van der Waals surface area contributed by atoms with Crippen molar-refractivity contribution < 1.29 is 33.1 Å². The average Bonchev–Trinajstić information content (AvgIpc) is 3.09. The van der Waals surface area contributed by atoms with E-state index in [1.165, 1.54) is 51.4 Å². The molecule has 1 aliphatic rings. The van der Waals surface area contributed by atoms with E-state index in [9.17, 15) is 9.36 Å². The first-order valence-corrected chi connectivity index (χ1v) is 13.1. The van der Waals surface area contributed by atoms with E-state index in [4.69, 9.17) is 19.3 Å². The summed E-state index contributed by atoms with van der Waals surface area (Å²) < 4.78 is 25.9. The lowest BCUT2D eigenvalue weighted by Gasteiger charge is -2.18. The predicted octanol–water partition coefficient (Wildman–Crippen LogP) is 5.44. The molecule has 0 saturated carbocycles. The molecule has 1 heterocycles. The largest absolute Gasteiger partial charge is 0.470 e. The first-order chi connectivity index (χ1) is 14.4. The van der Waals surface area contributed by atoms with Gasteiger partial charge in [0.2, 0.25) is 0 Å². The minimum absolute atomic E-state index is 0.0104. The summed E-state index contributed by atoms with van der Waals surface area (Å²) in [6.45, 7) is 2.35. The van der Waals surface area contributed by atoms with E-state index in [1.807, 2.05) is 0 Å². The van der Waals surface area contributed by atoms with E-state index in [2.05, 4.69) is 23.6 Å². The van der Waals surface area contributed by atoms with Crippen LogP contribution in [0.5, 0.6) is 0 Å². The van der Waals surface area contributed by atoms with Crippen LogP contribution in [0.4, 0.5) is 0 Å². The minimum Gasteiger partial charge on any atom is -0.457 e. The second-order valence-corrected chi connectivity index (χ2v) is 9.23. The molecule has 0 aromatic carbocycles. The number of carbonyl (C=O) groups is 1. The Kier molecular flexibility index (Phi) is 15.4. The van der Waals surface area contributed by atoms with Crippen molar-refractivity contribution in [2.45, 2.75) is 109 Å². The van der Waals surface area contributed by atoms with Gasteiger partial charge in [-0.3, -0.25) is 9.32 Å². The number of phosphoric acid groups is 1. The van der Waals surface area contributed by atoms with Crippen LogP contribution in [0.2, 0.25) is 0 Å². The van der Waals surface area contributed by atoms with Gasteiger partial charge >= 0.3 is 13.8 Å². The zero-order valence-corrected chi connectivity index (χ0v) is 19.4. The highest BCUT2D eigenvalue weighted by atomic mass is 31.2. The number of hydrogen-bond donors (Lipinski definition) is 2. The fourth-order valence-corrected chi connectivity index (χ4v) is 4.02. The Morgan fingerprint density at radius 1 is 0.900 bits per heavy atom. The van der Waals surface area contributed by atoms with Gasteiger partial charge in [-0.25, -0.2) is 4.57 Å². The third-order valence-electron chi connectivity index (χ3n) is 5.18. The Morgan fingerprint density at radius 3 is 2.03 bits per heavy atom. The van der Waals surface area contributed by atoms with Crippen LogP contribution in [-0.2, 0) is 23.4 Å². The second-order valence-electron chi connectivity index (χ2n) is 8.03. The summed E-state index contributed by atoms with van der Waals surface area (Å²) in [4.78, 5) is 29.6. The van der Waals surface area contributed by atoms with Crippen LogP contribution in [0.1, 0.15) is 96.8 Å². The summed E-state index contributed by atoms with van der Waals surface area (Å²) >= 11 is 0. The number of unbranched alkanes of at least 4 members (excludes halogenated alkanes) is 11. The summed E-state index contributed by atoms with van der Waals surface area (Å²) in [5, 5.41) is 0. The molecule has 0 unspecified atom stereocenters. The normalized spacial score (nSPS) is 19.6. The quantitative estimate of drug-likeness (QED) is 0.124. The van der Waals surface area contributed by atoms with Gasteiger partial charge in [0.25, 0.3) is 0 Å². The summed E-state index contributed by atoms with van der Waals surface area (Å²) in [5.41, 5.74) is 0. The molecule has 1 aliphatic heterocycles. The Morgan fingerprint density at radius 2 is 1.43 bits per heavy atom. The zero-order chi connectivity index (χ0) is 22.1. The molecule has 2 atom stereocenters. The van der Waals surface area contributed by atoms with Crippen molar-refractivity contribution in [2.24, 2.45) is 0 Å². The number of rotatable bonds is 18. The van der Waals surface area contributed by atoms with Crippen LogP contribution < -0.4 is 0 Å². The van der Waals surface area contributed by atoms with Gasteiger partial charge in [-0.05, 0) is 32.1 Å². The topological polar surface area (TPSA) is 102 Å². The van der Waals surface area contributed by atoms with Crippen molar-refractivity contribution in [3.05, 3.63) is 12.2 Å². The van der Waals surface area contributed by atoms with Gasteiger partial charge in [-0.2, -0.15) is 0 Å². The Balaban J connectivity index is 1.93. The molecule has 8 heteroatoms. The van der Waals surface area contributed by atoms with E-state index in [0.717, 1.165) is 32.1 Å². The van der Waals surface area contributed by atoms with Gasteiger partial charge in [0, 0.05) is 6.42 Å². The van der Waals surface area contributed by atoms with Crippen LogP contribution in [0.15, 0.2) is 12.2 Å². The Labute approximate surface area is 181 Å². The highest BCUT2D eigenvalue weighted by Gasteiger charge is 2.36. The summed E-state index contributed by atoms with van der Waals surface area (Å²) in [6.07, 6.45) is 18.8. The van der Waals surface area contributed by atoms with E-state index in [1.54, 1.807) is 0 Å². The molecule has 1 fully saturated rings. The predicted molar refractivity (Wildman–Crippen MR) is 117 cm³/mol. The highest BCUT2D eigenvalue weighted by Crippen LogP contribution is 2.39. The van der Waals surface area contributed by atoms with E-state index in [0.29, 0.717) is 6.42 Å². The van der Waals surface area contributed by atoms with Crippen LogP contribution in [0.3, 0.4) is 0 Å². The van der Waals surface area contributed by atoms with Crippen molar-refractivity contribution in [3.8, 4) is 0 Å². The molecule has 0 bridgehead atoms. The maximum Gasteiger partial charge on any atom is 0.470 e. The van der Waals surface area contributed by atoms with Crippen LogP contribution in [0, 0.1) is 0 Å². The number of allylic oxidation sites excluding steroid dienone is 2. The van der Waals surface area contributed by atoms with E-state index in [-0.39, 0.29) is 19.2 Å². The van der Waals surface area contributed by atoms with Crippen molar-refractivity contribution in [2.75, 3.05) is 13.2 Å². The van der Waals surface area contributed by atoms with Crippen molar-refractivity contribution in [3.63, 3.8) is 0 Å². The molecule has 30 heavy (non-hydrogen) atoms. The maximum atomic E-state index is 11.9. The molecule has 0 aromatic heterocycles. The SMILES string of the molecule is CCCCCCCC/C=C/CCCCCCCC(=O)O[C@@H]1COC[C@@H]1OP(=O)(O)O. The molecule has 0 radical (unpaired) electrons. The third-order valence-corrected chi connectivity index (χ3v) is 5.72. The lowest BCUT2D eigenvalue weighted by Crippen LogP contribution is -2.31. The molecular weight excluding hydrogens is 407 g/mol. The summed E-state index contributed by atoms with van der Waals surface area (Å²) in [6, 6.07) is 0. The van der Waals surface area contributed by atoms with Gasteiger partial charge in [-0.1, -0.05) is 70.4 Å². The first kappa shape index (κ1) is 27.3. The standard InChI is InChI=1S/C22H41O7P/c1-2-3-4-5-6-7-8-9-10-11-12-13-14-15-16-17-22(23)28-20-18-27-19-21(20)29-30(24,25)26/h9-10,20-21H,2-8,11-19H2,1H3,(H2,24,25,26)/b10-9+/t20-,21+/m1/s1. The van der Waals surface area contributed by atoms with E-state index >= 15 is 0 Å². The number of esters is 1. The summed E-state index contributed by atoms with van der Waals surface area (Å²) in [5.74, 6) is -0.373. The van der Waals surface area contributed by atoms with Crippen LogP contribution in [0.25, 0.3) is 0 Å². The van der Waals surface area contributed by atoms with Gasteiger partial charge < -0.3 is 19.3 Å². The molecule has 1 rings (SSSR count). The number of phosphoric ester groups is 1. The summed E-state index contributed by atoms with van der Waals surface area (Å²) in [7, 11) is -4.63. The molecule has 7 nitrogen and oxygen atoms in total. The average molecular weight is 449 g/mol. The fourth-order valence-electron chi connectivity index (χ4n) is 3.47. The van der Waals surface area contributed by atoms with Gasteiger partial charge in [0.15, 0.2) is 6.10 Å². The Bertz CT molecular complexity index is 518. The van der Waals surface area contributed by atoms with Crippen LogP contribution in [-0.4, -0.2) is 41.2 Å². The first-order valence-electron chi connectivity index (χ1n) is 11.6. The third kappa shape index (κ3) is 15.1. The number of ether oxygens (including phenoxy) is 2. The zero-order valence-electron chi connectivity index (χ0n) is 18.5. The van der Waals surface area contributed by atoms with Gasteiger partial charge in [-0.15, -0.1) is 0 Å². The maximum absolute atomic E-state index is 11.9. The molecular formula is C22H41O7P. The molecule has 0 aliphatic carbocycles. The van der Waals surface area contributed by atoms with Gasteiger partial charge in [0.1, 0.15) is 6.10 Å². The molecule has 0 aromatic rings. The fraction of sp³-hybridized carbons (Fsp3) is 0.864. The van der Waals surface area contributed by atoms with Crippen molar-refractivity contribution in [1.82, 2.24) is 0 Å². The Hall–Kier alpha value is -0.720. The highest BCUT2D eigenvalue weighted by molar-refractivity contribution is 7.46. The molecule has 0 spiro atoms. The minimum atomic E-state index is -4.63. The molecule has 2 N–H and O–H groups in total. The number of carbonyl (C=O) groups excluding carboxylic acids is 1. The lowest BCUT2D eigenvalue weighted by molar-refractivity contribution is -0.152. The smallest absolute Gasteiger partial charge is 0.457 e. The second kappa shape index (κ2) is 16.9. The molecule has 1 saturated heterocycles. The molecule has 176 valence electrons. The molecule has 0 amide bonds. The van der Waals surface area contributed by atoms with Crippen molar-refractivity contribution >= 4 is 13.8 Å². The van der Waals surface area contributed by atoms with Gasteiger partial charge in [0.05, 0.1) is 13.2 Å². The monoisotopic (exact) mass is 448 g/mol. The van der Waals surface area contributed by atoms with Crippen LogP contribution >= 0.6 is 7.82 Å². The van der Waals surface area contributed by atoms with E-state index < -0.39 is 20.0 Å². The van der Waals surface area contributed by atoms with Crippen molar-refractivity contribution in [1.29, 1.82) is 0 Å².